The summed E-state index contributed by atoms with van der Waals surface area (Å²) in [6.07, 6.45) is -2.61. The number of piperidine rings is 1. The lowest BCUT2D eigenvalue weighted by atomic mass is 10.0. The van der Waals surface area contributed by atoms with E-state index >= 15 is 0 Å². The Kier molecular flexibility index (Phi) is 9.34. The molecule has 12 heteroatoms. The van der Waals surface area contributed by atoms with Gasteiger partial charge in [-0.25, -0.2) is 4.79 Å². The summed E-state index contributed by atoms with van der Waals surface area (Å²) < 4.78 is 44.0. The number of likely N-dealkylation sites (tertiary alicyclic amines) is 2. The summed E-state index contributed by atoms with van der Waals surface area (Å²) in [5.74, 6) is -1.15. The second kappa shape index (κ2) is 12.7. The van der Waals surface area contributed by atoms with E-state index in [2.05, 4.69) is 15.5 Å². The largest absolute Gasteiger partial charge is 0.444 e. The number of benzene rings is 2. The molecule has 0 spiro atoms. The molecule has 2 saturated heterocycles. The van der Waals surface area contributed by atoms with Gasteiger partial charge in [-0.2, -0.15) is 13.2 Å². The van der Waals surface area contributed by atoms with Crippen molar-refractivity contribution >= 4 is 29.5 Å². The lowest BCUT2D eigenvalue weighted by Crippen LogP contribution is -2.48. The zero-order valence-electron chi connectivity index (χ0n) is 21.2. The Morgan fingerprint density at radius 1 is 1.00 bits per heavy atom. The lowest BCUT2D eigenvalue weighted by molar-refractivity contribution is -0.137. The summed E-state index contributed by atoms with van der Waals surface area (Å²) >= 11 is 6.11. The Labute approximate surface area is 229 Å². The van der Waals surface area contributed by atoms with Gasteiger partial charge < -0.3 is 20.3 Å². The monoisotopic (exact) mass is 566 g/mol. The van der Waals surface area contributed by atoms with Crippen molar-refractivity contribution in [1.29, 1.82) is 0 Å². The number of ether oxygens (including phenoxy) is 1. The molecule has 0 radical (unpaired) electrons. The van der Waals surface area contributed by atoms with Gasteiger partial charge in [0.2, 0.25) is 5.91 Å². The minimum Gasteiger partial charge on any atom is -0.444 e. The van der Waals surface area contributed by atoms with E-state index in [0.29, 0.717) is 24.7 Å². The van der Waals surface area contributed by atoms with Crippen LogP contribution in [0.2, 0.25) is 5.02 Å². The van der Waals surface area contributed by atoms with E-state index < -0.39 is 23.6 Å². The topological polar surface area (TPSA) is 91.0 Å². The minimum atomic E-state index is -4.56. The van der Waals surface area contributed by atoms with Crippen LogP contribution in [-0.4, -0.2) is 72.5 Å². The molecule has 2 aromatic carbocycles. The van der Waals surface area contributed by atoms with Crippen LogP contribution in [0.5, 0.6) is 0 Å². The van der Waals surface area contributed by atoms with Crippen LogP contribution < -0.4 is 10.6 Å². The van der Waals surface area contributed by atoms with Gasteiger partial charge in [0.25, 0.3) is 5.91 Å². The van der Waals surface area contributed by atoms with Crippen molar-refractivity contribution in [1.82, 2.24) is 20.4 Å². The summed E-state index contributed by atoms with van der Waals surface area (Å²) in [5, 5.41) is 5.81. The maximum absolute atomic E-state index is 12.9. The number of amides is 3. The molecule has 2 fully saturated rings. The first kappa shape index (κ1) is 28.7. The van der Waals surface area contributed by atoms with Gasteiger partial charge in [-0.1, -0.05) is 35.9 Å². The van der Waals surface area contributed by atoms with E-state index in [1.807, 2.05) is 18.2 Å². The number of nitrogens with one attached hydrogen (secondary N) is 2. The van der Waals surface area contributed by atoms with E-state index in [1.165, 1.54) is 6.07 Å². The molecule has 210 valence electrons. The fraction of sp³-hybridized carbons (Fsp3) is 0.444. The molecule has 0 bridgehead atoms. The SMILES string of the molecule is O=C(CNC(=O)c1cccc(C(F)(F)F)c1)N[C@@H]1CCN(C2CCN(C(=O)OCc3ccccc3Cl)CC2)C1. The van der Waals surface area contributed by atoms with Crippen LogP contribution in [0, 0.1) is 0 Å². The van der Waals surface area contributed by atoms with Crippen LogP contribution in [-0.2, 0) is 22.3 Å². The van der Waals surface area contributed by atoms with Crippen LogP contribution in [0.1, 0.15) is 40.7 Å². The maximum Gasteiger partial charge on any atom is 0.416 e. The molecule has 2 heterocycles. The lowest BCUT2D eigenvalue weighted by Gasteiger charge is -2.36. The zero-order chi connectivity index (χ0) is 28.0. The minimum absolute atomic E-state index is 0.0958. The van der Waals surface area contributed by atoms with Gasteiger partial charge in [-0.15, -0.1) is 0 Å². The van der Waals surface area contributed by atoms with Crippen molar-refractivity contribution in [2.24, 2.45) is 0 Å². The molecule has 2 aliphatic rings. The Bertz CT molecular complexity index is 1190. The number of alkyl halides is 3. The highest BCUT2D eigenvalue weighted by Crippen LogP contribution is 2.29. The number of carbonyl (C=O) groups is 3. The van der Waals surface area contributed by atoms with E-state index in [1.54, 1.807) is 11.0 Å². The first-order chi connectivity index (χ1) is 18.6. The molecule has 0 aliphatic carbocycles. The van der Waals surface area contributed by atoms with Crippen LogP contribution in [0.4, 0.5) is 18.0 Å². The Morgan fingerprint density at radius 3 is 2.46 bits per heavy atom. The second-order valence-electron chi connectivity index (χ2n) is 9.67. The van der Waals surface area contributed by atoms with E-state index in [9.17, 15) is 27.6 Å². The average molecular weight is 567 g/mol. The van der Waals surface area contributed by atoms with Crippen LogP contribution in [0.3, 0.4) is 0 Å². The average Bonchev–Trinajstić information content (AvgIpc) is 3.39. The van der Waals surface area contributed by atoms with Crippen LogP contribution >= 0.6 is 11.6 Å². The Balaban J connectivity index is 1.15. The quantitative estimate of drug-likeness (QED) is 0.527. The van der Waals surface area contributed by atoms with Gasteiger partial charge in [0.15, 0.2) is 0 Å². The van der Waals surface area contributed by atoms with Gasteiger partial charge in [0.1, 0.15) is 6.61 Å². The first-order valence-electron chi connectivity index (χ1n) is 12.7. The molecule has 4 rings (SSSR count). The van der Waals surface area contributed by atoms with Gasteiger partial charge in [-0.05, 0) is 43.5 Å². The third-order valence-corrected chi connectivity index (χ3v) is 7.36. The van der Waals surface area contributed by atoms with E-state index in [0.717, 1.165) is 49.6 Å². The number of carbonyl (C=O) groups excluding carboxylic acids is 3. The summed E-state index contributed by atoms with van der Waals surface area (Å²) in [6.45, 7) is 2.37. The standard InChI is InChI=1S/C27H30ClF3N4O4/c28-23-7-2-1-4-19(23)17-39-26(38)34-12-9-22(10-13-34)35-11-8-21(16-35)33-24(36)15-32-25(37)18-5-3-6-20(14-18)27(29,30)31/h1-7,14,21-22H,8-13,15-17H2,(H,32,37)(H,33,36)/t21-/m1/s1. The molecule has 0 unspecified atom stereocenters. The summed E-state index contributed by atoms with van der Waals surface area (Å²) in [6, 6.07) is 11.5. The molecule has 2 aliphatic heterocycles. The molecule has 0 saturated carbocycles. The van der Waals surface area contributed by atoms with Gasteiger partial charge in [0.05, 0.1) is 12.1 Å². The highest BCUT2D eigenvalue weighted by Gasteiger charge is 2.33. The molecule has 3 amide bonds. The summed E-state index contributed by atoms with van der Waals surface area (Å²) in [7, 11) is 0. The van der Waals surface area contributed by atoms with Gasteiger partial charge >= 0.3 is 12.3 Å². The van der Waals surface area contributed by atoms with E-state index in [-0.39, 0.29) is 36.9 Å². The van der Waals surface area contributed by atoms with Crippen molar-refractivity contribution in [3.05, 3.63) is 70.2 Å². The molecule has 39 heavy (non-hydrogen) atoms. The zero-order valence-corrected chi connectivity index (χ0v) is 21.9. The molecule has 1 atom stereocenters. The van der Waals surface area contributed by atoms with Crippen LogP contribution in [0.25, 0.3) is 0 Å². The van der Waals surface area contributed by atoms with Crippen molar-refractivity contribution in [2.75, 3.05) is 32.7 Å². The number of hydrogen-bond donors (Lipinski definition) is 2. The van der Waals surface area contributed by atoms with Crippen molar-refractivity contribution in [2.45, 2.75) is 44.1 Å². The summed E-state index contributed by atoms with van der Waals surface area (Å²) in [5.41, 5.74) is -0.336. The normalized spacial score (nSPS) is 18.6. The molecule has 2 aromatic rings. The molecular formula is C27H30ClF3N4O4. The highest BCUT2D eigenvalue weighted by atomic mass is 35.5. The van der Waals surface area contributed by atoms with Gasteiger partial charge in [0, 0.05) is 54.4 Å². The smallest absolute Gasteiger partial charge is 0.416 e. The van der Waals surface area contributed by atoms with Gasteiger partial charge in [-0.3, -0.25) is 14.5 Å². The molecule has 2 N–H and O–H groups in total. The highest BCUT2D eigenvalue weighted by molar-refractivity contribution is 6.31. The number of nitrogens with zero attached hydrogens (tertiary/aromatic N) is 2. The predicted octanol–water partition coefficient (Wildman–Crippen LogP) is 4.08. The molecule has 8 nitrogen and oxygen atoms in total. The third kappa shape index (κ3) is 7.86. The van der Waals surface area contributed by atoms with E-state index in [4.69, 9.17) is 16.3 Å². The number of rotatable bonds is 7. The third-order valence-electron chi connectivity index (χ3n) is 6.99. The number of halogens is 4. The Hall–Kier alpha value is -3.31. The Morgan fingerprint density at radius 2 is 1.74 bits per heavy atom. The fourth-order valence-corrected chi connectivity index (χ4v) is 5.06. The second-order valence-corrected chi connectivity index (χ2v) is 10.1. The maximum atomic E-state index is 12.9. The van der Waals surface area contributed by atoms with Crippen LogP contribution in [0.15, 0.2) is 48.5 Å². The first-order valence-corrected chi connectivity index (χ1v) is 13.1. The van der Waals surface area contributed by atoms with Crippen molar-refractivity contribution in [3.8, 4) is 0 Å². The van der Waals surface area contributed by atoms with Crippen molar-refractivity contribution in [3.63, 3.8) is 0 Å². The fourth-order valence-electron chi connectivity index (χ4n) is 4.87. The number of hydrogen-bond acceptors (Lipinski definition) is 5. The van der Waals surface area contributed by atoms with Crippen molar-refractivity contribution < 1.29 is 32.3 Å². The summed E-state index contributed by atoms with van der Waals surface area (Å²) in [4.78, 5) is 41.0. The molecular weight excluding hydrogens is 537 g/mol. The predicted molar refractivity (Wildman–Crippen MR) is 138 cm³/mol. The molecule has 0 aromatic heterocycles.